The van der Waals surface area contributed by atoms with E-state index in [0.29, 0.717) is 18.7 Å². The second kappa shape index (κ2) is 9.69. The van der Waals surface area contributed by atoms with Gasteiger partial charge in [0.1, 0.15) is 5.82 Å². The predicted octanol–water partition coefficient (Wildman–Crippen LogP) is 4.87. The van der Waals surface area contributed by atoms with Crippen molar-refractivity contribution in [1.29, 1.82) is 0 Å². The summed E-state index contributed by atoms with van der Waals surface area (Å²) in [6.07, 6.45) is 1.91. The summed E-state index contributed by atoms with van der Waals surface area (Å²) in [5, 5.41) is 10.2. The predicted molar refractivity (Wildman–Crippen MR) is 132 cm³/mol. The maximum absolute atomic E-state index is 13.4. The van der Waals surface area contributed by atoms with Crippen LogP contribution in [0.4, 0.5) is 4.39 Å². The van der Waals surface area contributed by atoms with Crippen molar-refractivity contribution >= 4 is 5.91 Å². The minimum Gasteiger partial charge on any atom is -0.395 e. The molecule has 176 valence electrons. The van der Waals surface area contributed by atoms with Crippen LogP contribution >= 0.6 is 0 Å². The first-order chi connectivity index (χ1) is 16.5. The van der Waals surface area contributed by atoms with Gasteiger partial charge in [-0.3, -0.25) is 9.69 Å². The molecular formula is C29H31FN2O2. The zero-order valence-electron chi connectivity index (χ0n) is 19.5. The first kappa shape index (κ1) is 22.8. The Balaban J connectivity index is 1.38. The molecule has 5 heteroatoms. The standard InChI is InChI=1S/C29H31FN2O2/c1-20-4-6-21(7-5-20)22-8-10-23(11-9-22)28-26-18-31(16-2-3-17-32(26)27(28)19-33)29(34)24-12-14-25(30)15-13-24/h4-15,26-28,33H,2-3,16-19H2,1H3/t26-,27-,28+/m0/s1. The van der Waals surface area contributed by atoms with Crippen molar-refractivity contribution in [3.05, 3.63) is 95.3 Å². The number of benzene rings is 3. The second-order valence-corrected chi connectivity index (χ2v) is 9.53. The second-order valence-electron chi connectivity index (χ2n) is 9.53. The van der Waals surface area contributed by atoms with Gasteiger partial charge in [0, 0.05) is 36.7 Å². The summed E-state index contributed by atoms with van der Waals surface area (Å²) in [4.78, 5) is 17.5. The highest BCUT2D eigenvalue weighted by Crippen LogP contribution is 2.42. The number of fused-ring (bicyclic) bond motifs is 1. The smallest absolute Gasteiger partial charge is 0.253 e. The molecule has 4 nitrogen and oxygen atoms in total. The Morgan fingerprint density at radius 1 is 0.912 bits per heavy atom. The molecule has 0 radical (unpaired) electrons. The van der Waals surface area contributed by atoms with Gasteiger partial charge in [0.25, 0.3) is 5.91 Å². The highest BCUT2D eigenvalue weighted by atomic mass is 19.1. The lowest BCUT2D eigenvalue weighted by molar-refractivity contribution is -0.0606. The summed E-state index contributed by atoms with van der Waals surface area (Å²) in [5.74, 6) is -0.226. The number of aryl methyl sites for hydroxylation is 1. The molecule has 0 saturated carbocycles. The Morgan fingerprint density at radius 2 is 1.53 bits per heavy atom. The van der Waals surface area contributed by atoms with Crippen LogP contribution in [-0.2, 0) is 0 Å². The van der Waals surface area contributed by atoms with Gasteiger partial charge in [-0.15, -0.1) is 0 Å². The van der Waals surface area contributed by atoms with Crippen molar-refractivity contribution in [3.8, 4) is 11.1 Å². The molecule has 5 rings (SSSR count). The molecule has 0 bridgehead atoms. The fourth-order valence-corrected chi connectivity index (χ4v) is 5.54. The van der Waals surface area contributed by atoms with Gasteiger partial charge < -0.3 is 10.0 Å². The average Bonchev–Trinajstić information content (AvgIpc) is 2.84. The number of hydrogen-bond acceptors (Lipinski definition) is 3. The maximum atomic E-state index is 13.4. The van der Waals surface area contributed by atoms with E-state index in [9.17, 15) is 14.3 Å². The fraction of sp³-hybridized carbons (Fsp3) is 0.345. The van der Waals surface area contributed by atoms with E-state index in [2.05, 4.69) is 60.4 Å². The molecule has 3 aromatic rings. The number of halogens is 1. The first-order valence-corrected chi connectivity index (χ1v) is 12.1. The molecular weight excluding hydrogens is 427 g/mol. The highest BCUT2D eigenvalue weighted by Gasteiger charge is 2.49. The van der Waals surface area contributed by atoms with Crippen molar-refractivity contribution in [2.75, 3.05) is 26.2 Å². The third-order valence-electron chi connectivity index (χ3n) is 7.43. The lowest BCUT2D eigenvalue weighted by atomic mass is 9.74. The van der Waals surface area contributed by atoms with Crippen LogP contribution in [0, 0.1) is 12.7 Å². The molecule has 1 N–H and O–H groups in total. The summed E-state index contributed by atoms with van der Waals surface area (Å²) in [6, 6.07) is 23.2. The normalized spacial score (nSPS) is 22.9. The van der Waals surface area contributed by atoms with Gasteiger partial charge in [-0.05, 0) is 67.3 Å². The molecule has 2 heterocycles. The molecule has 3 atom stereocenters. The summed E-state index contributed by atoms with van der Waals surface area (Å²) < 4.78 is 13.4. The Hall–Kier alpha value is -3.02. The van der Waals surface area contributed by atoms with Gasteiger partial charge in [0.2, 0.25) is 0 Å². The van der Waals surface area contributed by atoms with Gasteiger partial charge in [0.15, 0.2) is 0 Å². The monoisotopic (exact) mass is 458 g/mol. The largest absolute Gasteiger partial charge is 0.395 e. The number of carbonyl (C=O) groups is 1. The van der Waals surface area contributed by atoms with Crippen molar-refractivity contribution in [3.63, 3.8) is 0 Å². The van der Waals surface area contributed by atoms with Crippen molar-refractivity contribution in [2.24, 2.45) is 0 Å². The third-order valence-corrected chi connectivity index (χ3v) is 7.43. The van der Waals surface area contributed by atoms with E-state index in [1.54, 1.807) is 12.1 Å². The van der Waals surface area contributed by atoms with Crippen LogP contribution in [0.3, 0.4) is 0 Å². The van der Waals surface area contributed by atoms with E-state index in [1.165, 1.54) is 34.4 Å². The van der Waals surface area contributed by atoms with Crippen molar-refractivity contribution < 1.29 is 14.3 Å². The molecule has 2 aliphatic rings. The van der Waals surface area contributed by atoms with Crippen molar-refractivity contribution in [1.82, 2.24) is 9.80 Å². The average molecular weight is 459 g/mol. The Bertz CT molecular complexity index is 1130. The van der Waals surface area contributed by atoms with E-state index < -0.39 is 0 Å². The summed E-state index contributed by atoms with van der Waals surface area (Å²) >= 11 is 0. The highest BCUT2D eigenvalue weighted by molar-refractivity contribution is 5.94. The summed E-state index contributed by atoms with van der Waals surface area (Å²) in [5.41, 5.74) is 5.32. The lowest BCUT2D eigenvalue weighted by Crippen LogP contribution is -2.67. The van der Waals surface area contributed by atoms with Crippen molar-refractivity contribution in [2.45, 2.75) is 37.8 Å². The molecule has 2 fully saturated rings. The molecule has 0 aliphatic carbocycles. The molecule has 0 unspecified atom stereocenters. The number of aliphatic hydroxyl groups excluding tert-OH is 1. The number of amides is 1. The SMILES string of the molecule is Cc1ccc(-c2ccc([C@H]3[C@H](CO)N4CCCCN(C(=O)c5ccc(F)cc5)C[C@@H]34)cc2)cc1. The minimum atomic E-state index is -0.339. The number of carbonyl (C=O) groups excluding carboxylic acids is 1. The topological polar surface area (TPSA) is 43.8 Å². The number of hydrogen-bond donors (Lipinski definition) is 1. The molecule has 2 aliphatic heterocycles. The first-order valence-electron chi connectivity index (χ1n) is 12.1. The Labute approximate surface area is 200 Å². The van der Waals surface area contributed by atoms with Gasteiger partial charge in [0.05, 0.1) is 6.61 Å². The molecule has 1 amide bonds. The fourth-order valence-electron chi connectivity index (χ4n) is 5.54. The lowest BCUT2D eigenvalue weighted by Gasteiger charge is -2.57. The quantitative estimate of drug-likeness (QED) is 0.607. The van der Waals surface area contributed by atoms with Crippen LogP contribution in [0.2, 0.25) is 0 Å². The van der Waals surface area contributed by atoms with E-state index in [0.717, 1.165) is 19.4 Å². The Kier molecular flexibility index (Phi) is 6.48. The molecule has 3 aromatic carbocycles. The number of nitrogens with zero attached hydrogens (tertiary/aromatic N) is 2. The van der Waals surface area contributed by atoms with Gasteiger partial charge >= 0.3 is 0 Å². The van der Waals surface area contributed by atoms with Crippen LogP contribution in [-0.4, -0.2) is 59.1 Å². The summed E-state index contributed by atoms with van der Waals surface area (Å²) in [6.45, 7) is 4.43. The molecule has 0 spiro atoms. The zero-order valence-corrected chi connectivity index (χ0v) is 19.5. The molecule has 34 heavy (non-hydrogen) atoms. The summed E-state index contributed by atoms with van der Waals surface area (Å²) in [7, 11) is 0. The van der Waals surface area contributed by atoms with E-state index in [4.69, 9.17) is 0 Å². The minimum absolute atomic E-state index is 0.0530. The van der Waals surface area contributed by atoms with Gasteiger partial charge in [-0.25, -0.2) is 4.39 Å². The third kappa shape index (κ3) is 4.38. The molecule has 0 aromatic heterocycles. The number of rotatable bonds is 4. The van der Waals surface area contributed by atoms with Crippen LogP contribution in [0.1, 0.15) is 40.2 Å². The maximum Gasteiger partial charge on any atom is 0.253 e. The zero-order chi connectivity index (χ0) is 23.7. The van der Waals surface area contributed by atoms with Crippen LogP contribution in [0.25, 0.3) is 11.1 Å². The van der Waals surface area contributed by atoms with E-state index in [1.807, 2.05) is 4.90 Å². The molecule has 2 saturated heterocycles. The van der Waals surface area contributed by atoms with Crippen LogP contribution in [0.15, 0.2) is 72.8 Å². The van der Waals surface area contributed by atoms with E-state index in [-0.39, 0.29) is 36.3 Å². The van der Waals surface area contributed by atoms with Gasteiger partial charge in [-0.1, -0.05) is 54.1 Å². The van der Waals surface area contributed by atoms with Crippen LogP contribution < -0.4 is 0 Å². The Morgan fingerprint density at radius 3 is 2.18 bits per heavy atom. The van der Waals surface area contributed by atoms with Gasteiger partial charge in [-0.2, -0.15) is 0 Å². The van der Waals surface area contributed by atoms with E-state index >= 15 is 0 Å². The van der Waals surface area contributed by atoms with Crippen LogP contribution in [0.5, 0.6) is 0 Å². The number of aliphatic hydroxyl groups is 1.